The summed E-state index contributed by atoms with van der Waals surface area (Å²) in [5.74, 6) is 2.19. The largest absolute Gasteiger partial charge is 0.493 e. The number of hydrogen-bond donors (Lipinski definition) is 0. The lowest BCUT2D eigenvalue weighted by Crippen LogP contribution is -2.26. The highest BCUT2D eigenvalue weighted by atomic mass is 16.6. The summed E-state index contributed by atoms with van der Waals surface area (Å²) in [6.07, 6.45) is 23.6. The summed E-state index contributed by atoms with van der Waals surface area (Å²) >= 11 is 0. The van der Waals surface area contributed by atoms with Crippen molar-refractivity contribution < 1.29 is 41.7 Å². The molecule has 0 spiro atoms. The van der Waals surface area contributed by atoms with Crippen LogP contribution in [0.5, 0.6) is 17.2 Å². The predicted molar refractivity (Wildman–Crippen MR) is 272 cm³/mol. The van der Waals surface area contributed by atoms with Crippen LogP contribution in [-0.2, 0) is 14.2 Å². The average molecular weight is 951 g/mol. The van der Waals surface area contributed by atoms with E-state index in [0.29, 0.717) is 56.4 Å². The van der Waals surface area contributed by atoms with Crippen molar-refractivity contribution in [3.8, 4) is 17.2 Å². The highest BCUT2D eigenvalue weighted by Crippen LogP contribution is 2.23. The third kappa shape index (κ3) is 21.0. The topological polar surface area (TPSA) is 146 Å². The standard InChI is InChI=1S/C57H74O12/c58-55-31-25-45-22-28-48(40-52(45)67-55)63-36-18-12-6-1-4-10-16-34-61-43-51(66-39-21-15-9-3-8-14-20-38-65-50-30-24-47-27-33-57(60)69-54(47)42-50)44-62-35-17-11-5-2-7-13-19-37-64-49-29-23-46-26-32-56(59)68-53(46)41-49/h22-33,40-42,51H,1-21,34-39,43-44H2. The first-order chi connectivity index (χ1) is 34.0. The number of rotatable bonds is 38. The van der Waals surface area contributed by atoms with Gasteiger partial charge in [-0.2, -0.15) is 0 Å². The minimum Gasteiger partial charge on any atom is -0.493 e. The van der Waals surface area contributed by atoms with Gasteiger partial charge in [0, 0.05) is 72.4 Å². The van der Waals surface area contributed by atoms with Gasteiger partial charge in [-0.15, -0.1) is 0 Å². The lowest BCUT2D eigenvalue weighted by atomic mass is 10.1. The molecule has 3 heterocycles. The maximum atomic E-state index is 11.5. The maximum absolute atomic E-state index is 11.5. The van der Waals surface area contributed by atoms with Crippen molar-refractivity contribution in [1.29, 1.82) is 0 Å². The first-order valence-electron chi connectivity index (χ1n) is 25.8. The smallest absolute Gasteiger partial charge is 0.336 e. The van der Waals surface area contributed by atoms with Crippen LogP contribution in [0, 0.1) is 0 Å². The Labute approximate surface area is 406 Å². The van der Waals surface area contributed by atoms with Crippen molar-refractivity contribution in [2.24, 2.45) is 0 Å². The molecule has 0 saturated heterocycles. The van der Waals surface area contributed by atoms with Gasteiger partial charge in [-0.05, 0) is 93.1 Å². The zero-order valence-electron chi connectivity index (χ0n) is 40.6. The lowest BCUT2D eigenvalue weighted by molar-refractivity contribution is -0.0616. The van der Waals surface area contributed by atoms with Crippen molar-refractivity contribution in [3.05, 3.63) is 122 Å². The maximum Gasteiger partial charge on any atom is 0.336 e. The van der Waals surface area contributed by atoms with E-state index in [-0.39, 0.29) is 23.0 Å². The van der Waals surface area contributed by atoms with Gasteiger partial charge in [-0.25, -0.2) is 14.4 Å². The summed E-state index contributed by atoms with van der Waals surface area (Å²) in [6, 6.07) is 26.4. The molecule has 12 heteroatoms. The zero-order valence-corrected chi connectivity index (χ0v) is 40.6. The van der Waals surface area contributed by atoms with Crippen molar-refractivity contribution >= 4 is 32.9 Å². The van der Waals surface area contributed by atoms with Crippen LogP contribution in [0.4, 0.5) is 0 Å². The second-order valence-corrected chi connectivity index (χ2v) is 18.0. The van der Waals surface area contributed by atoms with E-state index in [9.17, 15) is 14.4 Å². The Morgan fingerprint density at radius 3 is 0.928 bits per heavy atom. The van der Waals surface area contributed by atoms with Gasteiger partial charge in [0.2, 0.25) is 0 Å². The van der Waals surface area contributed by atoms with E-state index in [1.807, 2.05) is 36.4 Å². The van der Waals surface area contributed by atoms with Crippen LogP contribution in [0.2, 0.25) is 0 Å². The van der Waals surface area contributed by atoms with Crippen LogP contribution < -0.4 is 31.1 Å². The molecule has 0 aliphatic carbocycles. The molecular weight excluding hydrogens is 877 g/mol. The van der Waals surface area contributed by atoms with E-state index in [4.69, 9.17) is 41.7 Å². The Morgan fingerprint density at radius 2 is 0.594 bits per heavy atom. The van der Waals surface area contributed by atoms with E-state index >= 15 is 0 Å². The number of benzene rings is 3. The highest BCUT2D eigenvalue weighted by molar-refractivity contribution is 5.79. The number of fused-ring (bicyclic) bond motifs is 3. The normalized spacial score (nSPS) is 11.6. The van der Waals surface area contributed by atoms with Gasteiger partial charge >= 0.3 is 16.9 Å². The quantitative estimate of drug-likeness (QED) is 0.0269. The minimum absolute atomic E-state index is 0.0607. The fourth-order valence-corrected chi connectivity index (χ4v) is 8.25. The Balaban J connectivity index is 0.763. The molecule has 0 aliphatic rings. The Hall–Kier alpha value is -5.43. The average Bonchev–Trinajstić information content (AvgIpc) is 3.35. The van der Waals surface area contributed by atoms with Gasteiger partial charge < -0.3 is 41.7 Å². The van der Waals surface area contributed by atoms with Crippen LogP contribution in [0.3, 0.4) is 0 Å². The van der Waals surface area contributed by atoms with Crippen molar-refractivity contribution in [2.75, 3.05) is 52.9 Å². The summed E-state index contributed by atoms with van der Waals surface area (Å²) in [5, 5.41) is 2.66. The van der Waals surface area contributed by atoms with Crippen LogP contribution in [0.1, 0.15) is 135 Å². The number of ether oxygens (including phenoxy) is 6. The van der Waals surface area contributed by atoms with Gasteiger partial charge in [-0.1, -0.05) is 96.3 Å². The van der Waals surface area contributed by atoms with Crippen molar-refractivity contribution in [3.63, 3.8) is 0 Å². The molecule has 0 atom stereocenters. The Bertz CT molecular complexity index is 2410. The molecule has 0 N–H and O–H groups in total. The monoisotopic (exact) mass is 951 g/mol. The molecule has 0 fully saturated rings. The fraction of sp³-hybridized carbons (Fsp3) is 0.526. The molecule has 69 heavy (non-hydrogen) atoms. The van der Waals surface area contributed by atoms with Gasteiger partial charge in [0.05, 0.1) is 33.0 Å². The number of unbranched alkanes of at least 4 members (excludes halogenated alkanes) is 18. The summed E-state index contributed by atoms with van der Waals surface area (Å²) in [6.45, 7) is 5.25. The minimum atomic E-state index is -0.354. The molecule has 0 saturated carbocycles. The van der Waals surface area contributed by atoms with E-state index in [1.54, 1.807) is 36.4 Å². The van der Waals surface area contributed by atoms with Crippen molar-refractivity contribution in [2.45, 2.75) is 141 Å². The first-order valence-corrected chi connectivity index (χ1v) is 25.8. The van der Waals surface area contributed by atoms with Crippen LogP contribution in [0.25, 0.3) is 32.9 Å². The SMILES string of the molecule is O=c1ccc2ccc(OCCCCCCCCCOCC(COCCCCCCCCCOc3ccc4ccc(=O)oc4c3)OCCCCCCCCCOc3ccc4ccc(=O)oc4c3)cc2o1. The molecular formula is C57H74O12. The second kappa shape index (κ2) is 31.6. The Morgan fingerprint density at radius 1 is 0.319 bits per heavy atom. The fourth-order valence-electron chi connectivity index (χ4n) is 8.25. The van der Waals surface area contributed by atoms with Crippen LogP contribution in [0.15, 0.2) is 119 Å². The van der Waals surface area contributed by atoms with E-state index in [0.717, 1.165) is 124 Å². The molecule has 6 rings (SSSR count). The first kappa shape index (κ1) is 52.9. The summed E-state index contributed by atoms with van der Waals surface area (Å²) < 4.78 is 52.1. The molecule has 12 nitrogen and oxygen atoms in total. The van der Waals surface area contributed by atoms with E-state index in [1.165, 1.54) is 76.0 Å². The molecule has 3 aromatic carbocycles. The predicted octanol–water partition coefficient (Wildman–Crippen LogP) is 13.2. The summed E-state index contributed by atoms with van der Waals surface area (Å²) in [7, 11) is 0. The van der Waals surface area contributed by atoms with Gasteiger partial charge in [0.25, 0.3) is 0 Å². The van der Waals surface area contributed by atoms with Crippen LogP contribution >= 0.6 is 0 Å². The molecule has 0 bridgehead atoms. The van der Waals surface area contributed by atoms with E-state index < -0.39 is 0 Å². The van der Waals surface area contributed by atoms with Gasteiger partial charge in [0.15, 0.2) is 0 Å². The lowest BCUT2D eigenvalue weighted by Gasteiger charge is -2.18. The Kier molecular flexibility index (Phi) is 24.3. The van der Waals surface area contributed by atoms with Gasteiger partial charge in [0.1, 0.15) is 40.1 Å². The molecule has 0 aliphatic heterocycles. The van der Waals surface area contributed by atoms with Gasteiger partial charge in [-0.3, -0.25) is 0 Å². The molecule has 0 unspecified atom stereocenters. The molecule has 374 valence electrons. The molecule has 0 radical (unpaired) electrons. The zero-order chi connectivity index (χ0) is 48.0. The molecule has 3 aromatic heterocycles. The molecule has 6 aromatic rings. The third-order valence-corrected chi connectivity index (χ3v) is 12.2. The van der Waals surface area contributed by atoms with Crippen molar-refractivity contribution in [1.82, 2.24) is 0 Å². The third-order valence-electron chi connectivity index (χ3n) is 12.2. The van der Waals surface area contributed by atoms with Crippen LogP contribution in [-0.4, -0.2) is 59.0 Å². The highest BCUT2D eigenvalue weighted by Gasteiger charge is 2.11. The summed E-state index contributed by atoms with van der Waals surface area (Å²) in [4.78, 5) is 34.6. The number of hydrogen-bond acceptors (Lipinski definition) is 12. The summed E-state index contributed by atoms with van der Waals surface area (Å²) in [5.41, 5.74) is 0.593. The van der Waals surface area contributed by atoms with E-state index in [2.05, 4.69) is 0 Å². The molecule has 0 amide bonds. The second-order valence-electron chi connectivity index (χ2n) is 18.0.